The van der Waals surface area contributed by atoms with Gasteiger partial charge in [0.15, 0.2) is 0 Å². The highest BCUT2D eigenvalue weighted by molar-refractivity contribution is 5.88. The molecule has 0 saturated heterocycles. The molecule has 1 rings (SSSR count). The van der Waals surface area contributed by atoms with Crippen molar-refractivity contribution in [3.63, 3.8) is 0 Å². The Morgan fingerprint density at radius 3 is 2.40 bits per heavy atom. The van der Waals surface area contributed by atoms with Gasteiger partial charge in [-0.3, -0.25) is 9.59 Å². The molecule has 1 fully saturated rings. The van der Waals surface area contributed by atoms with Gasteiger partial charge in [0.25, 0.3) is 5.91 Å². The number of hydrogen-bond acceptors (Lipinski definition) is 3. The molecule has 0 atom stereocenters. The Morgan fingerprint density at radius 2 is 2.00 bits per heavy atom. The van der Waals surface area contributed by atoms with Gasteiger partial charge in [0.2, 0.25) is 5.91 Å². The molecule has 0 aromatic carbocycles. The van der Waals surface area contributed by atoms with Gasteiger partial charge in [-0.2, -0.15) is 0 Å². The molecule has 0 bridgehead atoms. The van der Waals surface area contributed by atoms with Gasteiger partial charge in [0.1, 0.15) is 5.60 Å². The molecule has 0 aromatic heterocycles. The lowest BCUT2D eigenvalue weighted by atomic mass is 10.1. The smallest absolute Gasteiger partial charge is 0.254 e. The minimum atomic E-state index is -1.42. The predicted molar refractivity (Wildman–Crippen MR) is 55.1 cm³/mol. The zero-order valence-corrected chi connectivity index (χ0v) is 9.41. The molecule has 0 unspecified atom stereocenters. The van der Waals surface area contributed by atoms with E-state index in [1.54, 1.807) is 0 Å². The van der Waals surface area contributed by atoms with Crippen LogP contribution in [0.25, 0.3) is 0 Å². The number of nitrogens with zero attached hydrogens (tertiary/aromatic N) is 1. The third kappa shape index (κ3) is 3.87. The number of rotatable bonds is 4. The van der Waals surface area contributed by atoms with Gasteiger partial charge in [-0.15, -0.1) is 0 Å². The SMILES string of the molecule is CN(CC(=O)NC1CC1)C(=O)C(C)(C)O. The second-order valence-electron chi connectivity index (χ2n) is 4.56. The van der Waals surface area contributed by atoms with Crippen LogP contribution < -0.4 is 5.32 Å². The summed E-state index contributed by atoms with van der Waals surface area (Å²) in [6.07, 6.45) is 2.05. The van der Waals surface area contributed by atoms with Crippen LogP contribution in [0, 0.1) is 0 Å². The Labute approximate surface area is 89.4 Å². The summed E-state index contributed by atoms with van der Waals surface area (Å²) in [6.45, 7) is 2.81. The van der Waals surface area contributed by atoms with E-state index in [4.69, 9.17) is 0 Å². The van der Waals surface area contributed by atoms with Gasteiger partial charge >= 0.3 is 0 Å². The van der Waals surface area contributed by atoms with Crippen LogP contribution in [0.2, 0.25) is 0 Å². The Hall–Kier alpha value is -1.10. The molecule has 5 nitrogen and oxygen atoms in total. The van der Waals surface area contributed by atoms with Crippen LogP contribution in [0.5, 0.6) is 0 Å². The zero-order chi connectivity index (χ0) is 11.6. The van der Waals surface area contributed by atoms with Crippen LogP contribution in [0.3, 0.4) is 0 Å². The molecular formula is C10H18N2O3. The fourth-order valence-corrected chi connectivity index (χ4v) is 1.26. The van der Waals surface area contributed by atoms with E-state index in [1.807, 2.05) is 0 Å². The van der Waals surface area contributed by atoms with Crippen molar-refractivity contribution in [2.45, 2.75) is 38.3 Å². The lowest BCUT2D eigenvalue weighted by Gasteiger charge is -2.24. The summed E-state index contributed by atoms with van der Waals surface area (Å²) in [4.78, 5) is 24.1. The van der Waals surface area contributed by atoms with Crippen LogP contribution in [-0.2, 0) is 9.59 Å². The van der Waals surface area contributed by atoms with Crippen molar-refractivity contribution in [3.05, 3.63) is 0 Å². The van der Waals surface area contributed by atoms with E-state index in [1.165, 1.54) is 25.8 Å². The molecule has 86 valence electrons. The predicted octanol–water partition coefficient (Wildman–Crippen LogP) is -0.506. The van der Waals surface area contributed by atoms with E-state index in [9.17, 15) is 14.7 Å². The first-order chi connectivity index (χ1) is 6.80. The average Bonchev–Trinajstić information content (AvgIpc) is 2.84. The fourth-order valence-electron chi connectivity index (χ4n) is 1.26. The molecule has 1 aliphatic carbocycles. The summed E-state index contributed by atoms with van der Waals surface area (Å²) >= 11 is 0. The van der Waals surface area contributed by atoms with Crippen LogP contribution >= 0.6 is 0 Å². The number of nitrogens with one attached hydrogen (secondary N) is 1. The Bertz CT molecular complexity index is 266. The first-order valence-electron chi connectivity index (χ1n) is 5.08. The fraction of sp³-hybridized carbons (Fsp3) is 0.800. The Kier molecular flexibility index (Phi) is 3.34. The third-order valence-corrected chi connectivity index (χ3v) is 2.19. The highest BCUT2D eigenvalue weighted by atomic mass is 16.3. The summed E-state index contributed by atoms with van der Waals surface area (Å²) in [5, 5.41) is 12.2. The molecule has 0 aliphatic heterocycles. The van der Waals surface area contributed by atoms with Crippen LogP contribution in [0.15, 0.2) is 0 Å². The topological polar surface area (TPSA) is 69.6 Å². The summed E-state index contributed by atoms with van der Waals surface area (Å²) in [6, 6.07) is 0.295. The van der Waals surface area contributed by atoms with Gasteiger partial charge in [0, 0.05) is 13.1 Å². The van der Waals surface area contributed by atoms with E-state index in [2.05, 4.69) is 5.32 Å². The van der Waals surface area contributed by atoms with E-state index < -0.39 is 11.5 Å². The largest absolute Gasteiger partial charge is 0.381 e. The minimum Gasteiger partial charge on any atom is -0.381 e. The molecule has 1 aliphatic rings. The van der Waals surface area contributed by atoms with E-state index >= 15 is 0 Å². The molecule has 0 aromatic rings. The molecule has 5 heteroatoms. The Morgan fingerprint density at radius 1 is 1.47 bits per heavy atom. The van der Waals surface area contributed by atoms with Gasteiger partial charge in [-0.1, -0.05) is 0 Å². The summed E-state index contributed by atoms with van der Waals surface area (Å²) in [5.41, 5.74) is -1.42. The number of aliphatic hydroxyl groups is 1. The number of amides is 2. The molecule has 2 amide bonds. The number of likely N-dealkylation sites (N-methyl/N-ethyl adjacent to an activating group) is 1. The molecule has 15 heavy (non-hydrogen) atoms. The highest BCUT2D eigenvalue weighted by Crippen LogP contribution is 2.18. The van der Waals surface area contributed by atoms with Crippen molar-refractivity contribution in [3.8, 4) is 0 Å². The zero-order valence-electron chi connectivity index (χ0n) is 9.41. The summed E-state index contributed by atoms with van der Waals surface area (Å²) in [5.74, 6) is -0.619. The van der Waals surface area contributed by atoms with Crippen LogP contribution in [0.1, 0.15) is 26.7 Å². The number of carbonyl (C=O) groups is 2. The molecule has 0 spiro atoms. The maximum absolute atomic E-state index is 11.5. The van der Waals surface area contributed by atoms with Gasteiger partial charge in [-0.25, -0.2) is 0 Å². The first kappa shape index (κ1) is 12.0. The van der Waals surface area contributed by atoms with Crippen molar-refractivity contribution in [1.29, 1.82) is 0 Å². The normalized spacial score (nSPS) is 16.0. The maximum atomic E-state index is 11.5. The molecule has 0 radical (unpaired) electrons. The summed E-state index contributed by atoms with van der Waals surface area (Å²) < 4.78 is 0. The molecule has 1 saturated carbocycles. The second-order valence-corrected chi connectivity index (χ2v) is 4.56. The van der Waals surface area contributed by atoms with Crippen molar-refractivity contribution < 1.29 is 14.7 Å². The van der Waals surface area contributed by atoms with Gasteiger partial charge < -0.3 is 15.3 Å². The van der Waals surface area contributed by atoms with Crippen molar-refractivity contribution >= 4 is 11.8 Å². The lowest BCUT2D eigenvalue weighted by Crippen LogP contribution is -2.47. The van der Waals surface area contributed by atoms with Crippen molar-refractivity contribution in [2.75, 3.05) is 13.6 Å². The molecule has 2 N–H and O–H groups in total. The molecule has 0 heterocycles. The summed E-state index contributed by atoms with van der Waals surface area (Å²) in [7, 11) is 1.51. The highest BCUT2D eigenvalue weighted by Gasteiger charge is 2.29. The number of hydrogen-bond donors (Lipinski definition) is 2. The van der Waals surface area contributed by atoms with Crippen molar-refractivity contribution in [2.24, 2.45) is 0 Å². The minimum absolute atomic E-state index is 0.000671. The van der Waals surface area contributed by atoms with E-state index in [0.717, 1.165) is 12.8 Å². The van der Waals surface area contributed by atoms with E-state index in [0.29, 0.717) is 6.04 Å². The monoisotopic (exact) mass is 214 g/mol. The quantitative estimate of drug-likeness (QED) is 0.662. The second kappa shape index (κ2) is 4.18. The van der Waals surface area contributed by atoms with Crippen molar-refractivity contribution in [1.82, 2.24) is 10.2 Å². The van der Waals surface area contributed by atoms with Crippen LogP contribution in [-0.4, -0.2) is 47.1 Å². The first-order valence-corrected chi connectivity index (χ1v) is 5.08. The average molecular weight is 214 g/mol. The van der Waals surface area contributed by atoms with Gasteiger partial charge in [-0.05, 0) is 26.7 Å². The van der Waals surface area contributed by atoms with Gasteiger partial charge in [0.05, 0.1) is 6.54 Å². The Balaban J connectivity index is 2.36. The van der Waals surface area contributed by atoms with Crippen LogP contribution in [0.4, 0.5) is 0 Å². The third-order valence-electron chi connectivity index (χ3n) is 2.19. The molecular weight excluding hydrogens is 196 g/mol. The lowest BCUT2D eigenvalue weighted by molar-refractivity contribution is -0.148. The van der Waals surface area contributed by atoms with E-state index in [-0.39, 0.29) is 12.5 Å². The standard InChI is InChI=1S/C10H18N2O3/c1-10(2,15)9(14)12(3)6-8(13)11-7-4-5-7/h7,15H,4-6H2,1-3H3,(H,11,13). The number of carbonyl (C=O) groups excluding carboxylic acids is 2. The maximum Gasteiger partial charge on any atom is 0.254 e.